The fourth-order valence-electron chi connectivity index (χ4n) is 4.07. The lowest BCUT2D eigenvalue weighted by Crippen LogP contribution is -2.67. The largest absolute Gasteiger partial charge is 0.508 e. The molecule has 0 aromatic heterocycles. The lowest BCUT2D eigenvalue weighted by molar-refractivity contribution is -0.159. The summed E-state index contributed by atoms with van der Waals surface area (Å²) in [6, 6.07) is 6.81. The van der Waals surface area contributed by atoms with Crippen LogP contribution in [-0.2, 0) is 16.0 Å². The van der Waals surface area contributed by atoms with Gasteiger partial charge < -0.3 is 21.1 Å². The number of likely N-dealkylation sites (tertiary alicyclic amines) is 1. The van der Waals surface area contributed by atoms with Crippen LogP contribution < -0.4 is 11.1 Å². The Labute approximate surface area is 149 Å². The maximum atomic E-state index is 12.8. The highest BCUT2D eigenvalue weighted by atomic mass is 16.3. The number of benzene rings is 1. The molecule has 1 aliphatic rings. The minimum Gasteiger partial charge on any atom is -0.508 e. The summed E-state index contributed by atoms with van der Waals surface area (Å²) in [5.74, 6) is -0.890. The molecular weight excluding hydrogens is 318 g/mol. The van der Waals surface area contributed by atoms with Crippen LogP contribution in [0.15, 0.2) is 24.3 Å². The van der Waals surface area contributed by atoms with Gasteiger partial charge in [0.2, 0.25) is 0 Å². The van der Waals surface area contributed by atoms with Crippen LogP contribution in [0.1, 0.15) is 46.1 Å². The average Bonchev–Trinajstić information content (AvgIpc) is 2.46. The van der Waals surface area contributed by atoms with Gasteiger partial charge in [0, 0.05) is 23.7 Å². The van der Waals surface area contributed by atoms with E-state index in [1.54, 1.807) is 29.2 Å². The lowest BCUT2D eigenvalue weighted by Gasteiger charge is -2.54. The number of aromatic hydroxyl groups is 1. The van der Waals surface area contributed by atoms with E-state index in [1.807, 2.05) is 27.7 Å². The van der Waals surface area contributed by atoms with E-state index < -0.39 is 22.9 Å². The molecule has 1 aromatic carbocycles. The number of piperidine rings is 1. The summed E-state index contributed by atoms with van der Waals surface area (Å²) in [6.07, 6.45) is 1.93. The number of phenols is 1. The van der Waals surface area contributed by atoms with Crippen LogP contribution in [-0.4, -0.2) is 45.5 Å². The minimum absolute atomic E-state index is 0.0200. The Morgan fingerprint density at radius 2 is 1.68 bits per heavy atom. The van der Waals surface area contributed by atoms with Crippen LogP contribution in [0.3, 0.4) is 0 Å². The van der Waals surface area contributed by atoms with E-state index in [1.165, 1.54) is 0 Å². The minimum atomic E-state index is -0.588. The summed E-state index contributed by atoms with van der Waals surface area (Å²) in [5, 5.41) is 12.0. The molecule has 6 heteroatoms. The van der Waals surface area contributed by atoms with Crippen molar-refractivity contribution in [2.75, 3.05) is 6.54 Å². The maximum Gasteiger partial charge on any atom is 0.312 e. The molecule has 0 bridgehead atoms. The van der Waals surface area contributed by atoms with Gasteiger partial charge in [-0.25, -0.2) is 0 Å². The molecule has 0 atom stereocenters. The molecule has 4 N–H and O–H groups in total. The fourth-order valence-corrected chi connectivity index (χ4v) is 4.07. The standard InChI is InChI=1S/C19H29N3O3/c1-18(2)11-14(20)12-19(3,4)22(18)17(25)16(24)21-10-9-13-5-7-15(23)8-6-13/h5-8,14,23H,9-12,20H2,1-4H3,(H,21,24). The summed E-state index contributed by atoms with van der Waals surface area (Å²) in [6.45, 7) is 8.18. The van der Waals surface area contributed by atoms with Crippen LogP contribution in [0.4, 0.5) is 0 Å². The van der Waals surface area contributed by atoms with Gasteiger partial charge in [-0.15, -0.1) is 0 Å². The summed E-state index contributed by atoms with van der Waals surface area (Å²) in [7, 11) is 0. The third kappa shape index (κ3) is 4.51. The van der Waals surface area contributed by atoms with Gasteiger partial charge in [0.15, 0.2) is 0 Å². The first-order valence-electron chi connectivity index (χ1n) is 8.69. The van der Waals surface area contributed by atoms with Crippen molar-refractivity contribution in [2.45, 2.75) is 64.1 Å². The molecule has 0 aliphatic carbocycles. The second kappa shape index (κ2) is 7.04. The molecule has 1 aliphatic heterocycles. The molecule has 25 heavy (non-hydrogen) atoms. The van der Waals surface area contributed by atoms with Crippen molar-refractivity contribution >= 4 is 11.8 Å². The Balaban J connectivity index is 1.98. The summed E-state index contributed by atoms with van der Waals surface area (Å²) in [4.78, 5) is 26.8. The van der Waals surface area contributed by atoms with E-state index in [2.05, 4.69) is 5.32 Å². The van der Waals surface area contributed by atoms with E-state index in [4.69, 9.17) is 5.73 Å². The maximum absolute atomic E-state index is 12.8. The van der Waals surface area contributed by atoms with Gasteiger partial charge in [0.25, 0.3) is 0 Å². The molecular formula is C19H29N3O3. The Hall–Kier alpha value is -2.08. The predicted octanol–water partition coefficient (Wildman–Crippen LogP) is 1.56. The third-order valence-corrected chi connectivity index (χ3v) is 4.77. The van der Waals surface area contributed by atoms with Gasteiger partial charge in [-0.05, 0) is 64.7 Å². The molecule has 6 nitrogen and oxygen atoms in total. The zero-order valence-corrected chi connectivity index (χ0v) is 15.5. The van der Waals surface area contributed by atoms with Gasteiger partial charge in [0.05, 0.1) is 0 Å². The number of hydrogen-bond acceptors (Lipinski definition) is 4. The number of hydrogen-bond donors (Lipinski definition) is 3. The number of rotatable bonds is 3. The fraction of sp³-hybridized carbons (Fsp3) is 0.579. The predicted molar refractivity (Wildman–Crippen MR) is 97.0 cm³/mol. The van der Waals surface area contributed by atoms with E-state index in [0.717, 1.165) is 5.56 Å². The molecule has 2 rings (SSSR count). The van der Waals surface area contributed by atoms with Gasteiger partial charge >= 0.3 is 11.8 Å². The van der Waals surface area contributed by atoms with Gasteiger partial charge in [0.1, 0.15) is 5.75 Å². The number of nitrogens with two attached hydrogens (primary N) is 1. The van der Waals surface area contributed by atoms with Crippen molar-refractivity contribution in [3.8, 4) is 5.75 Å². The first-order chi connectivity index (χ1) is 11.5. The second-order valence-electron chi connectivity index (χ2n) is 8.11. The van der Waals surface area contributed by atoms with Gasteiger partial charge in [-0.2, -0.15) is 0 Å². The smallest absolute Gasteiger partial charge is 0.312 e. The van der Waals surface area contributed by atoms with Crippen LogP contribution in [0.5, 0.6) is 5.75 Å². The summed E-state index contributed by atoms with van der Waals surface area (Å²) < 4.78 is 0. The first-order valence-corrected chi connectivity index (χ1v) is 8.69. The number of nitrogens with one attached hydrogen (secondary N) is 1. The number of phenolic OH excluding ortho intramolecular Hbond substituents is 1. The number of nitrogens with zero attached hydrogens (tertiary/aromatic N) is 1. The van der Waals surface area contributed by atoms with Crippen molar-refractivity contribution in [3.05, 3.63) is 29.8 Å². The Morgan fingerprint density at radius 3 is 2.20 bits per heavy atom. The highest BCUT2D eigenvalue weighted by molar-refractivity contribution is 6.35. The van der Waals surface area contributed by atoms with E-state index in [9.17, 15) is 14.7 Å². The van der Waals surface area contributed by atoms with Gasteiger partial charge in [-0.1, -0.05) is 12.1 Å². The quantitative estimate of drug-likeness (QED) is 0.723. The zero-order valence-electron chi connectivity index (χ0n) is 15.5. The van der Waals surface area contributed by atoms with Crippen LogP contribution in [0.25, 0.3) is 0 Å². The number of amides is 2. The molecule has 138 valence electrons. The van der Waals surface area contributed by atoms with Crippen molar-refractivity contribution in [1.29, 1.82) is 0 Å². The van der Waals surface area contributed by atoms with E-state index in [0.29, 0.717) is 25.8 Å². The summed E-state index contributed by atoms with van der Waals surface area (Å²) in [5.41, 5.74) is 6.17. The molecule has 0 saturated carbocycles. The molecule has 1 aromatic rings. The average molecular weight is 347 g/mol. The van der Waals surface area contributed by atoms with Crippen molar-refractivity contribution in [2.24, 2.45) is 5.73 Å². The highest BCUT2D eigenvalue weighted by Crippen LogP contribution is 2.37. The monoisotopic (exact) mass is 347 g/mol. The van der Waals surface area contributed by atoms with Crippen molar-refractivity contribution in [3.63, 3.8) is 0 Å². The zero-order chi connectivity index (χ0) is 18.8. The molecule has 1 fully saturated rings. The normalized spacial score (nSPS) is 19.5. The topological polar surface area (TPSA) is 95.7 Å². The molecule has 0 spiro atoms. The first kappa shape index (κ1) is 19.2. The van der Waals surface area contributed by atoms with Gasteiger partial charge in [-0.3, -0.25) is 9.59 Å². The SMILES string of the molecule is CC1(C)CC(N)CC(C)(C)N1C(=O)C(=O)NCCc1ccc(O)cc1. The Kier molecular flexibility index (Phi) is 5.42. The van der Waals surface area contributed by atoms with Crippen LogP contribution in [0, 0.1) is 0 Å². The number of carbonyl (C=O) groups is 2. The van der Waals surface area contributed by atoms with Crippen molar-refractivity contribution < 1.29 is 14.7 Å². The Bertz CT molecular complexity index is 620. The number of carbonyl (C=O) groups excluding carboxylic acids is 2. The second-order valence-corrected chi connectivity index (χ2v) is 8.11. The van der Waals surface area contributed by atoms with Crippen LogP contribution >= 0.6 is 0 Å². The molecule has 1 saturated heterocycles. The Morgan fingerprint density at radius 1 is 1.16 bits per heavy atom. The highest BCUT2D eigenvalue weighted by Gasteiger charge is 2.48. The molecule has 0 radical (unpaired) electrons. The van der Waals surface area contributed by atoms with Crippen molar-refractivity contribution in [1.82, 2.24) is 10.2 Å². The summed E-state index contributed by atoms with van der Waals surface area (Å²) >= 11 is 0. The third-order valence-electron chi connectivity index (χ3n) is 4.77. The van der Waals surface area contributed by atoms with E-state index >= 15 is 0 Å². The van der Waals surface area contributed by atoms with Crippen LogP contribution in [0.2, 0.25) is 0 Å². The molecule has 2 amide bonds. The van der Waals surface area contributed by atoms with E-state index in [-0.39, 0.29) is 11.8 Å². The molecule has 1 heterocycles. The molecule has 0 unspecified atom stereocenters. The lowest BCUT2D eigenvalue weighted by atomic mass is 9.77.